The van der Waals surface area contributed by atoms with Gasteiger partial charge < -0.3 is 4.42 Å². The van der Waals surface area contributed by atoms with Gasteiger partial charge in [0.25, 0.3) is 0 Å². The van der Waals surface area contributed by atoms with E-state index >= 15 is 0 Å². The molecular weight excluding hydrogens is 755 g/mol. The summed E-state index contributed by atoms with van der Waals surface area (Å²) in [5, 5.41) is 1.97. The topological polar surface area (TPSA) is 51.8 Å². The summed E-state index contributed by atoms with van der Waals surface area (Å²) >= 11 is 0. The molecule has 4 heteroatoms. The highest BCUT2D eigenvalue weighted by Crippen LogP contribution is 2.56. The summed E-state index contributed by atoms with van der Waals surface area (Å²) in [6.45, 7) is 0. The van der Waals surface area contributed by atoms with E-state index in [0.717, 1.165) is 60.9 Å². The largest absolute Gasteiger partial charge is 0.456 e. The van der Waals surface area contributed by atoms with Crippen molar-refractivity contribution in [3.05, 3.63) is 247 Å². The van der Waals surface area contributed by atoms with Gasteiger partial charge in [0, 0.05) is 27.5 Å². The van der Waals surface area contributed by atoms with Crippen molar-refractivity contribution in [2.24, 2.45) is 0 Å². The molecule has 11 aromatic rings. The zero-order chi connectivity index (χ0) is 41.0. The molecule has 290 valence electrons. The molecule has 0 radical (unpaired) electrons. The number of benzene rings is 9. The van der Waals surface area contributed by atoms with E-state index in [4.69, 9.17) is 19.4 Å². The normalized spacial score (nSPS) is 12.6. The lowest BCUT2D eigenvalue weighted by molar-refractivity contribution is 0.668. The van der Waals surface area contributed by atoms with Crippen LogP contribution in [0.15, 0.2) is 229 Å². The first-order valence-electron chi connectivity index (χ1n) is 21.0. The van der Waals surface area contributed by atoms with E-state index in [1.54, 1.807) is 0 Å². The van der Waals surface area contributed by atoms with Crippen molar-refractivity contribution in [2.75, 3.05) is 0 Å². The van der Waals surface area contributed by atoms with E-state index in [1.807, 2.05) is 42.5 Å². The van der Waals surface area contributed by atoms with Gasteiger partial charge in [0.2, 0.25) is 0 Å². The zero-order valence-corrected chi connectivity index (χ0v) is 33.6. The molecule has 12 rings (SSSR count). The second-order valence-electron chi connectivity index (χ2n) is 15.9. The molecule has 0 atom stereocenters. The monoisotopic (exact) mass is 791 g/mol. The van der Waals surface area contributed by atoms with E-state index < -0.39 is 5.41 Å². The Morgan fingerprint density at radius 2 is 0.790 bits per heavy atom. The van der Waals surface area contributed by atoms with Crippen LogP contribution in [0.4, 0.5) is 0 Å². The molecule has 62 heavy (non-hydrogen) atoms. The molecule has 0 bridgehead atoms. The van der Waals surface area contributed by atoms with Gasteiger partial charge in [-0.25, -0.2) is 15.0 Å². The molecule has 0 N–H and O–H groups in total. The fourth-order valence-corrected chi connectivity index (χ4v) is 9.65. The van der Waals surface area contributed by atoms with E-state index in [2.05, 4.69) is 182 Å². The Labute approximate surface area is 359 Å². The molecule has 0 amide bonds. The van der Waals surface area contributed by atoms with Crippen molar-refractivity contribution in [2.45, 2.75) is 5.41 Å². The molecule has 0 unspecified atom stereocenters. The molecule has 2 aromatic heterocycles. The van der Waals surface area contributed by atoms with E-state index in [-0.39, 0.29) is 0 Å². The quantitative estimate of drug-likeness (QED) is 0.161. The fourth-order valence-electron chi connectivity index (χ4n) is 9.65. The van der Waals surface area contributed by atoms with E-state index in [9.17, 15) is 0 Å². The van der Waals surface area contributed by atoms with Gasteiger partial charge in [-0.05, 0) is 92.0 Å². The summed E-state index contributed by atoms with van der Waals surface area (Å²) in [5.74, 6) is 1.77. The Hall–Kier alpha value is -8.21. The van der Waals surface area contributed by atoms with Crippen LogP contribution in [0.5, 0.6) is 0 Å². The standard InChI is InChI=1S/C58H37N3O/c1-5-18-38(19-6-1)41-34-42(39-20-7-2-8-21-39)36-43(35-41)56-59-55(40-22-9-3-10-23-40)60-57(61-56)48-28-17-31-53-54(48)49-37-45(32-33-52(49)62-53)58(44-24-11-4-12-25-44)50-29-15-13-26-46(50)47-27-14-16-30-51(47)58/h1-37H. The van der Waals surface area contributed by atoms with E-state index in [0.29, 0.717) is 17.5 Å². The van der Waals surface area contributed by atoms with Crippen LogP contribution in [0, 0.1) is 0 Å². The average molecular weight is 792 g/mol. The first-order valence-corrected chi connectivity index (χ1v) is 21.0. The second-order valence-corrected chi connectivity index (χ2v) is 15.9. The van der Waals surface area contributed by atoms with Gasteiger partial charge in [-0.3, -0.25) is 0 Å². The number of fused-ring (bicyclic) bond motifs is 6. The number of furan rings is 1. The Balaban J connectivity index is 1.11. The van der Waals surface area contributed by atoms with Crippen LogP contribution in [-0.2, 0) is 5.41 Å². The van der Waals surface area contributed by atoms with Crippen molar-refractivity contribution in [1.82, 2.24) is 15.0 Å². The number of rotatable bonds is 7. The second kappa shape index (κ2) is 14.5. The highest BCUT2D eigenvalue weighted by atomic mass is 16.3. The van der Waals surface area contributed by atoms with Gasteiger partial charge in [0.1, 0.15) is 11.2 Å². The number of hydrogen-bond acceptors (Lipinski definition) is 4. The Bertz CT molecular complexity index is 3350. The highest BCUT2D eigenvalue weighted by Gasteiger charge is 2.46. The van der Waals surface area contributed by atoms with Crippen molar-refractivity contribution in [3.8, 4) is 67.5 Å². The Morgan fingerprint density at radius 3 is 1.40 bits per heavy atom. The van der Waals surface area contributed by atoms with Crippen LogP contribution in [-0.4, -0.2) is 15.0 Å². The van der Waals surface area contributed by atoms with Gasteiger partial charge in [-0.1, -0.05) is 188 Å². The molecule has 1 aliphatic carbocycles. The fraction of sp³-hybridized carbons (Fsp3) is 0.0172. The van der Waals surface area contributed by atoms with Crippen LogP contribution in [0.3, 0.4) is 0 Å². The molecule has 1 aliphatic rings. The van der Waals surface area contributed by atoms with Crippen molar-refractivity contribution in [1.29, 1.82) is 0 Å². The third kappa shape index (κ3) is 5.72. The maximum atomic E-state index is 6.70. The predicted molar refractivity (Wildman–Crippen MR) is 252 cm³/mol. The summed E-state index contributed by atoms with van der Waals surface area (Å²) in [7, 11) is 0. The zero-order valence-electron chi connectivity index (χ0n) is 33.6. The number of aromatic nitrogens is 3. The third-order valence-electron chi connectivity index (χ3n) is 12.4. The number of hydrogen-bond donors (Lipinski definition) is 0. The molecule has 0 aliphatic heterocycles. The molecule has 0 saturated carbocycles. The minimum absolute atomic E-state index is 0.553. The van der Waals surface area contributed by atoms with Crippen molar-refractivity contribution >= 4 is 21.9 Å². The predicted octanol–water partition coefficient (Wildman–Crippen LogP) is 14.5. The van der Waals surface area contributed by atoms with Gasteiger partial charge in [-0.2, -0.15) is 0 Å². The first kappa shape index (κ1) is 35.7. The Morgan fingerprint density at radius 1 is 0.306 bits per heavy atom. The molecule has 0 fully saturated rings. The summed E-state index contributed by atoms with van der Waals surface area (Å²) in [5.41, 5.74) is 15.5. The summed E-state index contributed by atoms with van der Waals surface area (Å²) in [6.07, 6.45) is 0. The summed E-state index contributed by atoms with van der Waals surface area (Å²) in [4.78, 5) is 15.8. The maximum absolute atomic E-state index is 6.70. The first-order chi connectivity index (χ1) is 30.7. The van der Waals surface area contributed by atoms with Gasteiger partial charge in [-0.15, -0.1) is 0 Å². The van der Waals surface area contributed by atoms with Crippen LogP contribution in [0.25, 0.3) is 89.5 Å². The molecule has 9 aromatic carbocycles. The summed E-state index contributed by atoms with van der Waals surface area (Å²) < 4.78 is 6.70. The van der Waals surface area contributed by atoms with Crippen LogP contribution >= 0.6 is 0 Å². The molecule has 0 spiro atoms. The van der Waals surface area contributed by atoms with Gasteiger partial charge in [0.15, 0.2) is 17.5 Å². The van der Waals surface area contributed by atoms with Crippen molar-refractivity contribution < 1.29 is 4.42 Å². The van der Waals surface area contributed by atoms with E-state index in [1.165, 1.54) is 33.4 Å². The summed E-state index contributed by atoms with van der Waals surface area (Å²) in [6, 6.07) is 79.3. The lowest BCUT2D eigenvalue weighted by Gasteiger charge is -2.33. The minimum Gasteiger partial charge on any atom is -0.456 e. The highest BCUT2D eigenvalue weighted by molar-refractivity contribution is 6.12. The maximum Gasteiger partial charge on any atom is 0.164 e. The minimum atomic E-state index is -0.553. The van der Waals surface area contributed by atoms with Crippen LogP contribution < -0.4 is 0 Å². The average Bonchev–Trinajstić information content (AvgIpc) is 3.88. The smallest absolute Gasteiger partial charge is 0.164 e. The molecule has 4 nitrogen and oxygen atoms in total. The number of nitrogens with zero attached hydrogens (tertiary/aromatic N) is 3. The molecule has 0 saturated heterocycles. The van der Waals surface area contributed by atoms with Crippen molar-refractivity contribution in [3.63, 3.8) is 0 Å². The van der Waals surface area contributed by atoms with Gasteiger partial charge in [0.05, 0.1) is 5.41 Å². The van der Waals surface area contributed by atoms with Crippen LogP contribution in [0.2, 0.25) is 0 Å². The van der Waals surface area contributed by atoms with Crippen LogP contribution in [0.1, 0.15) is 22.3 Å². The van der Waals surface area contributed by atoms with Gasteiger partial charge >= 0.3 is 0 Å². The third-order valence-corrected chi connectivity index (χ3v) is 12.4. The SMILES string of the molecule is c1ccc(-c2cc(-c3ccccc3)cc(-c3nc(-c4ccccc4)nc(-c4cccc5oc6ccc(C7(c8ccccc8)c8ccccc8-c8ccccc87)cc6c45)n3)c2)cc1. The molecule has 2 heterocycles. The molecular formula is C58H37N3O. The lowest BCUT2D eigenvalue weighted by Crippen LogP contribution is -2.28. The lowest BCUT2D eigenvalue weighted by atomic mass is 9.67. The Kier molecular flexibility index (Phi) is 8.36.